The van der Waals surface area contributed by atoms with Crippen molar-refractivity contribution in [1.82, 2.24) is 9.78 Å². The summed E-state index contributed by atoms with van der Waals surface area (Å²) in [7, 11) is 0. The number of hydrogen-bond donors (Lipinski definition) is 1. The first-order valence-electron chi connectivity index (χ1n) is 5.51. The lowest BCUT2D eigenvalue weighted by molar-refractivity contribution is 0.0695. The van der Waals surface area contributed by atoms with Gasteiger partial charge < -0.3 is 5.11 Å². The van der Waals surface area contributed by atoms with Gasteiger partial charge in [-0.3, -0.25) is 4.68 Å². The molecule has 0 radical (unpaired) electrons. The maximum Gasteiger partial charge on any atom is 0.339 e. The fourth-order valence-electron chi connectivity index (χ4n) is 1.95. The lowest BCUT2D eigenvalue weighted by Crippen LogP contribution is -2.06. The minimum absolute atomic E-state index is 0.294. The molecule has 0 atom stereocenters. The topological polar surface area (TPSA) is 55.1 Å². The van der Waals surface area contributed by atoms with Gasteiger partial charge in [0.1, 0.15) is 5.56 Å². The second-order valence-corrected chi connectivity index (χ2v) is 4.95. The summed E-state index contributed by atoms with van der Waals surface area (Å²) in [5.74, 6) is -0.927. The number of aryl methyl sites for hydroxylation is 1. The largest absolute Gasteiger partial charge is 0.478 e. The molecule has 0 spiro atoms. The minimum atomic E-state index is -0.927. The normalized spacial score (nSPS) is 10.6. The van der Waals surface area contributed by atoms with Crippen LogP contribution in [0.25, 0.3) is 0 Å². The van der Waals surface area contributed by atoms with Crippen molar-refractivity contribution in [2.75, 3.05) is 0 Å². The maximum absolute atomic E-state index is 11.1. The van der Waals surface area contributed by atoms with Crippen LogP contribution in [0.15, 0.2) is 28.7 Å². The van der Waals surface area contributed by atoms with Gasteiger partial charge in [0.15, 0.2) is 0 Å². The van der Waals surface area contributed by atoms with E-state index in [-0.39, 0.29) is 0 Å². The van der Waals surface area contributed by atoms with Gasteiger partial charge >= 0.3 is 5.97 Å². The van der Waals surface area contributed by atoms with Crippen molar-refractivity contribution in [3.8, 4) is 0 Å². The number of benzene rings is 1. The zero-order chi connectivity index (χ0) is 13.3. The lowest BCUT2D eigenvalue weighted by Gasteiger charge is -2.06. The van der Waals surface area contributed by atoms with Crippen molar-refractivity contribution in [1.29, 1.82) is 0 Å². The quantitative estimate of drug-likeness (QED) is 0.948. The van der Waals surface area contributed by atoms with Gasteiger partial charge in [-0.25, -0.2) is 4.79 Å². The van der Waals surface area contributed by atoms with Gasteiger partial charge in [0.2, 0.25) is 0 Å². The first-order chi connectivity index (χ1) is 8.50. The Kier molecular flexibility index (Phi) is 3.52. The number of hydrogen-bond acceptors (Lipinski definition) is 2. The summed E-state index contributed by atoms with van der Waals surface area (Å²) in [6.07, 6.45) is 0. The van der Waals surface area contributed by atoms with Gasteiger partial charge in [-0.05, 0) is 25.5 Å². The van der Waals surface area contributed by atoms with Crippen LogP contribution in [0.2, 0.25) is 0 Å². The summed E-state index contributed by atoms with van der Waals surface area (Å²) in [6.45, 7) is 4.05. The summed E-state index contributed by atoms with van der Waals surface area (Å²) < 4.78 is 2.72. The van der Waals surface area contributed by atoms with Crippen LogP contribution < -0.4 is 0 Å². The van der Waals surface area contributed by atoms with Gasteiger partial charge in [-0.2, -0.15) is 5.10 Å². The molecule has 0 amide bonds. The fourth-order valence-corrected chi connectivity index (χ4v) is 2.36. The predicted molar refractivity (Wildman–Crippen MR) is 71.9 cm³/mol. The molecule has 18 heavy (non-hydrogen) atoms. The molecule has 0 bridgehead atoms. The van der Waals surface area contributed by atoms with E-state index in [2.05, 4.69) is 21.0 Å². The Morgan fingerprint density at radius 3 is 2.61 bits per heavy atom. The fraction of sp³-hybridized carbons (Fsp3) is 0.231. The molecule has 94 valence electrons. The van der Waals surface area contributed by atoms with Crippen molar-refractivity contribution in [3.05, 3.63) is 51.3 Å². The Morgan fingerprint density at radius 1 is 1.39 bits per heavy atom. The molecule has 5 heteroatoms. The molecular formula is C13H13BrN2O2. The highest BCUT2D eigenvalue weighted by molar-refractivity contribution is 9.10. The second kappa shape index (κ2) is 4.94. The first kappa shape index (κ1) is 12.8. The molecule has 0 aliphatic rings. The zero-order valence-corrected chi connectivity index (χ0v) is 11.7. The molecule has 2 aromatic rings. The molecular weight excluding hydrogens is 296 g/mol. The molecule has 0 unspecified atom stereocenters. The molecule has 4 nitrogen and oxygen atoms in total. The monoisotopic (exact) mass is 308 g/mol. The zero-order valence-electron chi connectivity index (χ0n) is 10.1. The first-order valence-corrected chi connectivity index (χ1v) is 6.30. The Morgan fingerprint density at radius 2 is 2.06 bits per heavy atom. The molecule has 0 fully saturated rings. The van der Waals surface area contributed by atoms with E-state index in [0.717, 1.165) is 10.0 Å². The standard InChI is InChI=1S/C13H13BrN2O2/c1-8-12(13(17)18)9(2)16(15-8)7-10-5-3-4-6-11(10)14/h3-6H,7H2,1-2H3,(H,17,18). The van der Waals surface area contributed by atoms with Crippen LogP contribution in [0.4, 0.5) is 0 Å². The van der Waals surface area contributed by atoms with E-state index >= 15 is 0 Å². The molecule has 0 aliphatic carbocycles. The van der Waals surface area contributed by atoms with Gasteiger partial charge in [-0.1, -0.05) is 34.1 Å². The van der Waals surface area contributed by atoms with Crippen LogP contribution in [-0.4, -0.2) is 20.9 Å². The van der Waals surface area contributed by atoms with Crippen LogP contribution in [-0.2, 0) is 6.54 Å². The Balaban J connectivity index is 2.39. The average Bonchev–Trinajstić information content (AvgIpc) is 2.57. The van der Waals surface area contributed by atoms with Crippen LogP contribution >= 0.6 is 15.9 Å². The number of halogens is 1. The van der Waals surface area contributed by atoms with Crippen molar-refractivity contribution < 1.29 is 9.90 Å². The van der Waals surface area contributed by atoms with Crippen LogP contribution in [0.1, 0.15) is 27.3 Å². The molecule has 0 saturated heterocycles. The van der Waals surface area contributed by atoms with E-state index in [1.165, 1.54) is 0 Å². The molecule has 1 heterocycles. The Bertz CT molecular complexity index is 605. The van der Waals surface area contributed by atoms with E-state index in [4.69, 9.17) is 5.11 Å². The van der Waals surface area contributed by atoms with Gasteiger partial charge in [0.25, 0.3) is 0 Å². The smallest absolute Gasteiger partial charge is 0.339 e. The molecule has 2 rings (SSSR count). The molecule has 1 aromatic carbocycles. The summed E-state index contributed by atoms with van der Waals surface area (Å²) in [6, 6.07) is 7.83. The third-order valence-electron chi connectivity index (χ3n) is 2.87. The number of aromatic nitrogens is 2. The van der Waals surface area contributed by atoms with Crippen LogP contribution in [0.3, 0.4) is 0 Å². The third kappa shape index (κ3) is 2.31. The lowest BCUT2D eigenvalue weighted by atomic mass is 10.2. The van der Waals surface area contributed by atoms with Crippen molar-refractivity contribution in [2.24, 2.45) is 0 Å². The summed E-state index contributed by atoms with van der Waals surface area (Å²) in [5, 5.41) is 13.4. The summed E-state index contributed by atoms with van der Waals surface area (Å²) in [5.41, 5.74) is 2.59. The molecule has 1 aromatic heterocycles. The van der Waals surface area contributed by atoms with Gasteiger partial charge in [0.05, 0.1) is 17.9 Å². The minimum Gasteiger partial charge on any atom is -0.478 e. The summed E-state index contributed by atoms with van der Waals surface area (Å²) in [4.78, 5) is 11.1. The van der Waals surface area contributed by atoms with Crippen molar-refractivity contribution >= 4 is 21.9 Å². The number of carboxylic acids is 1. The highest BCUT2D eigenvalue weighted by Gasteiger charge is 2.17. The van der Waals surface area contributed by atoms with E-state index in [0.29, 0.717) is 23.5 Å². The SMILES string of the molecule is Cc1nn(Cc2ccccc2Br)c(C)c1C(=O)O. The third-order valence-corrected chi connectivity index (χ3v) is 3.65. The van der Waals surface area contributed by atoms with Crippen molar-refractivity contribution in [2.45, 2.75) is 20.4 Å². The molecule has 0 saturated carbocycles. The van der Waals surface area contributed by atoms with Gasteiger partial charge in [0, 0.05) is 4.47 Å². The van der Waals surface area contributed by atoms with Crippen LogP contribution in [0.5, 0.6) is 0 Å². The Labute approximate surface area is 113 Å². The second-order valence-electron chi connectivity index (χ2n) is 4.10. The van der Waals surface area contributed by atoms with E-state index < -0.39 is 5.97 Å². The van der Waals surface area contributed by atoms with Gasteiger partial charge in [-0.15, -0.1) is 0 Å². The highest BCUT2D eigenvalue weighted by Crippen LogP contribution is 2.19. The summed E-state index contributed by atoms with van der Waals surface area (Å²) >= 11 is 3.48. The number of aromatic carboxylic acids is 1. The van der Waals surface area contributed by atoms with Crippen molar-refractivity contribution in [3.63, 3.8) is 0 Å². The predicted octanol–water partition coefficient (Wildman–Crippen LogP) is 3.01. The van der Waals surface area contributed by atoms with E-state index in [1.54, 1.807) is 18.5 Å². The number of carboxylic acid groups (broad SMARTS) is 1. The van der Waals surface area contributed by atoms with E-state index in [9.17, 15) is 4.79 Å². The molecule has 0 aliphatic heterocycles. The van der Waals surface area contributed by atoms with Crippen LogP contribution in [0, 0.1) is 13.8 Å². The maximum atomic E-state index is 11.1. The number of rotatable bonds is 3. The number of nitrogens with zero attached hydrogens (tertiary/aromatic N) is 2. The Hall–Kier alpha value is -1.62. The molecule has 1 N–H and O–H groups in total. The number of carbonyl (C=O) groups is 1. The average molecular weight is 309 g/mol. The van der Waals surface area contributed by atoms with E-state index in [1.807, 2.05) is 24.3 Å². The highest BCUT2D eigenvalue weighted by atomic mass is 79.9.